The molecule has 0 fully saturated rings. The molecule has 84 valence electrons. The molecule has 4 heteroatoms. The molecule has 17 heavy (non-hydrogen) atoms. The Morgan fingerprint density at radius 1 is 1.29 bits per heavy atom. The van der Waals surface area contributed by atoms with Crippen molar-refractivity contribution in [2.24, 2.45) is 0 Å². The van der Waals surface area contributed by atoms with E-state index in [0.717, 1.165) is 16.7 Å². The highest BCUT2D eigenvalue weighted by molar-refractivity contribution is 5.80. The van der Waals surface area contributed by atoms with Gasteiger partial charge in [0.15, 0.2) is 5.58 Å². The zero-order chi connectivity index (χ0) is 11.8. The van der Waals surface area contributed by atoms with Gasteiger partial charge in [-0.15, -0.1) is 0 Å². The molecule has 1 aromatic carbocycles. The maximum atomic E-state index is 11.1. The van der Waals surface area contributed by atoms with E-state index >= 15 is 0 Å². The van der Waals surface area contributed by atoms with Gasteiger partial charge in [0.2, 0.25) is 0 Å². The van der Waals surface area contributed by atoms with E-state index in [1.54, 1.807) is 12.3 Å². The molecule has 0 radical (unpaired) electrons. The normalized spacial score (nSPS) is 10.9. The molecule has 0 aliphatic carbocycles. The number of H-pyrrole nitrogens is 1. The maximum absolute atomic E-state index is 11.1. The first-order valence-electron chi connectivity index (χ1n) is 5.28. The van der Waals surface area contributed by atoms with Gasteiger partial charge in [0, 0.05) is 18.0 Å². The van der Waals surface area contributed by atoms with E-state index in [2.05, 4.69) is 9.97 Å². The van der Waals surface area contributed by atoms with E-state index in [4.69, 9.17) is 4.42 Å². The van der Waals surface area contributed by atoms with Gasteiger partial charge in [-0.05, 0) is 36.2 Å². The molecule has 0 unspecified atom stereocenters. The highest BCUT2D eigenvalue weighted by Gasteiger charge is 2.05. The molecule has 0 atom stereocenters. The third kappa shape index (κ3) is 1.63. The highest BCUT2D eigenvalue weighted by Crippen LogP contribution is 2.24. The Balaban J connectivity index is 2.24. The van der Waals surface area contributed by atoms with Crippen molar-refractivity contribution in [2.75, 3.05) is 0 Å². The number of aryl methyl sites for hydroxylation is 1. The first-order valence-corrected chi connectivity index (χ1v) is 5.28. The van der Waals surface area contributed by atoms with Crippen molar-refractivity contribution in [3.63, 3.8) is 0 Å². The molecule has 0 bridgehead atoms. The Kier molecular flexibility index (Phi) is 2.08. The van der Waals surface area contributed by atoms with Gasteiger partial charge in [-0.3, -0.25) is 9.97 Å². The van der Waals surface area contributed by atoms with Crippen molar-refractivity contribution < 1.29 is 4.42 Å². The highest BCUT2D eigenvalue weighted by atomic mass is 16.4. The number of hydrogen-bond donors (Lipinski definition) is 1. The van der Waals surface area contributed by atoms with Crippen molar-refractivity contribution in [3.05, 3.63) is 52.8 Å². The van der Waals surface area contributed by atoms with Crippen LogP contribution in [0.4, 0.5) is 0 Å². The Morgan fingerprint density at radius 3 is 3.00 bits per heavy atom. The lowest BCUT2D eigenvalue weighted by Gasteiger charge is -2.04. The second kappa shape index (κ2) is 3.59. The summed E-state index contributed by atoms with van der Waals surface area (Å²) in [6, 6.07) is 7.56. The Labute approximate surface area is 96.9 Å². The van der Waals surface area contributed by atoms with E-state index in [0.29, 0.717) is 11.1 Å². The number of benzene rings is 1. The molecule has 3 aromatic rings. The molecule has 0 spiro atoms. The third-order valence-electron chi connectivity index (χ3n) is 2.77. The zero-order valence-electron chi connectivity index (χ0n) is 9.23. The van der Waals surface area contributed by atoms with Crippen LogP contribution in [0.15, 0.2) is 45.9 Å². The summed E-state index contributed by atoms with van der Waals surface area (Å²) in [6.07, 6.45) is 3.58. The number of nitrogens with one attached hydrogen (secondary N) is 1. The van der Waals surface area contributed by atoms with E-state index in [9.17, 15) is 4.79 Å². The minimum Gasteiger partial charge on any atom is -0.408 e. The molecule has 2 aromatic heterocycles. The number of rotatable bonds is 1. The summed E-state index contributed by atoms with van der Waals surface area (Å²) in [5.41, 5.74) is 4.48. The third-order valence-corrected chi connectivity index (χ3v) is 2.77. The summed E-state index contributed by atoms with van der Waals surface area (Å²) < 4.78 is 4.96. The van der Waals surface area contributed by atoms with Crippen LogP contribution in [0.5, 0.6) is 0 Å². The van der Waals surface area contributed by atoms with Crippen LogP contribution >= 0.6 is 0 Å². The predicted molar refractivity (Wildman–Crippen MR) is 64.8 cm³/mol. The lowest BCUT2D eigenvalue weighted by molar-refractivity contribution is 0.555. The van der Waals surface area contributed by atoms with E-state index in [1.807, 2.05) is 31.3 Å². The molecule has 0 saturated carbocycles. The van der Waals surface area contributed by atoms with E-state index < -0.39 is 5.76 Å². The molecule has 0 saturated heterocycles. The number of oxazole rings is 1. The Morgan fingerprint density at radius 2 is 2.18 bits per heavy atom. The van der Waals surface area contributed by atoms with Gasteiger partial charge >= 0.3 is 5.76 Å². The average molecular weight is 226 g/mol. The second-order valence-corrected chi connectivity index (χ2v) is 3.92. The molecule has 3 rings (SSSR count). The number of aromatic nitrogens is 2. The van der Waals surface area contributed by atoms with Crippen molar-refractivity contribution in [1.82, 2.24) is 9.97 Å². The molecule has 4 nitrogen and oxygen atoms in total. The Bertz CT molecular complexity index is 740. The van der Waals surface area contributed by atoms with Crippen molar-refractivity contribution >= 4 is 11.1 Å². The van der Waals surface area contributed by atoms with E-state index in [-0.39, 0.29) is 0 Å². The van der Waals surface area contributed by atoms with Crippen LogP contribution in [0.2, 0.25) is 0 Å². The van der Waals surface area contributed by atoms with Crippen molar-refractivity contribution in [1.29, 1.82) is 0 Å². The van der Waals surface area contributed by atoms with E-state index in [1.165, 1.54) is 0 Å². The number of pyridine rings is 1. The molecule has 0 aliphatic heterocycles. The first-order chi connectivity index (χ1) is 8.24. The van der Waals surface area contributed by atoms with Gasteiger partial charge in [-0.25, -0.2) is 4.79 Å². The first kappa shape index (κ1) is 9.84. The minimum absolute atomic E-state index is 0.431. The SMILES string of the molecule is Cc1ccncc1-c1ccc2oc(=O)[nH]c2c1. The fourth-order valence-electron chi connectivity index (χ4n) is 1.89. The van der Waals surface area contributed by atoms with Crippen molar-refractivity contribution in [2.45, 2.75) is 6.92 Å². The Hall–Kier alpha value is -2.36. The van der Waals surface area contributed by atoms with Crippen LogP contribution in [-0.2, 0) is 0 Å². The summed E-state index contributed by atoms with van der Waals surface area (Å²) in [4.78, 5) is 17.8. The largest absolute Gasteiger partial charge is 0.417 e. The summed E-state index contributed by atoms with van der Waals surface area (Å²) in [5.74, 6) is -0.431. The standard InChI is InChI=1S/C13H10N2O2/c1-8-4-5-14-7-10(8)9-2-3-12-11(6-9)15-13(16)17-12/h2-7H,1H3,(H,15,16). The molecule has 0 aliphatic rings. The van der Waals surface area contributed by atoms with Crippen LogP contribution in [0.1, 0.15) is 5.56 Å². The van der Waals surface area contributed by atoms with Gasteiger partial charge in [0.05, 0.1) is 5.52 Å². The molecule has 0 amide bonds. The fourth-order valence-corrected chi connectivity index (χ4v) is 1.89. The topological polar surface area (TPSA) is 58.9 Å². The molecular formula is C13H10N2O2. The second-order valence-electron chi connectivity index (χ2n) is 3.92. The summed E-state index contributed by atoms with van der Waals surface area (Å²) in [6.45, 7) is 2.03. The quantitative estimate of drug-likeness (QED) is 0.693. The lowest BCUT2D eigenvalue weighted by atomic mass is 10.0. The lowest BCUT2D eigenvalue weighted by Crippen LogP contribution is -1.93. The van der Waals surface area contributed by atoms with Crippen LogP contribution in [-0.4, -0.2) is 9.97 Å². The molecular weight excluding hydrogens is 216 g/mol. The predicted octanol–water partition coefficient (Wildman–Crippen LogP) is 2.49. The molecule has 1 N–H and O–H groups in total. The van der Waals surface area contributed by atoms with Crippen LogP contribution in [0.3, 0.4) is 0 Å². The van der Waals surface area contributed by atoms with Crippen LogP contribution < -0.4 is 5.76 Å². The monoisotopic (exact) mass is 226 g/mol. The average Bonchev–Trinajstić information content (AvgIpc) is 2.68. The smallest absolute Gasteiger partial charge is 0.408 e. The number of aromatic amines is 1. The number of fused-ring (bicyclic) bond motifs is 1. The number of nitrogens with zero attached hydrogens (tertiary/aromatic N) is 1. The number of hydrogen-bond acceptors (Lipinski definition) is 3. The van der Waals surface area contributed by atoms with Gasteiger partial charge < -0.3 is 4.42 Å². The van der Waals surface area contributed by atoms with Crippen LogP contribution in [0.25, 0.3) is 22.2 Å². The van der Waals surface area contributed by atoms with Crippen LogP contribution in [0, 0.1) is 6.92 Å². The minimum atomic E-state index is -0.431. The zero-order valence-corrected chi connectivity index (χ0v) is 9.23. The van der Waals surface area contributed by atoms with Gasteiger partial charge in [0.1, 0.15) is 0 Å². The summed E-state index contributed by atoms with van der Waals surface area (Å²) in [5, 5.41) is 0. The fraction of sp³-hybridized carbons (Fsp3) is 0.0769. The summed E-state index contributed by atoms with van der Waals surface area (Å²) >= 11 is 0. The summed E-state index contributed by atoms with van der Waals surface area (Å²) in [7, 11) is 0. The van der Waals surface area contributed by atoms with Gasteiger partial charge in [-0.2, -0.15) is 0 Å². The van der Waals surface area contributed by atoms with Gasteiger partial charge in [-0.1, -0.05) is 6.07 Å². The van der Waals surface area contributed by atoms with Gasteiger partial charge in [0.25, 0.3) is 0 Å². The molecule has 2 heterocycles. The van der Waals surface area contributed by atoms with Crippen molar-refractivity contribution in [3.8, 4) is 11.1 Å². The maximum Gasteiger partial charge on any atom is 0.417 e.